The molecule has 0 aliphatic carbocycles. The predicted octanol–water partition coefficient (Wildman–Crippen LogP) is 2.37. The topological polar surface area (TPSA) is 69.6 Å². The average molecular weight is 314 g/mol. The fourth-order valence-electron chi connectivity index (χ4n) is 2.00. The molecule has 1 aromatic rings. The predicted molar refractivity (Wildman–Crippen MR) is 78.0 cm³/mol. The first-order chi connectivity index (χ1) is 10.4. The molecule has 0 bridgehead atoms. The average Bonchev–Trinajstić information content (AvgIpc) is 2.45. The van der Waals surface area contributed by atoms with E-state index in [1.807, 2.05) is 30.3 Å². The monoisotopic (exact) mass is 314 g/mol. The molecule has 1 rings (SSSR count). The number of carboxylic acid groups (broad SMARTS) is 1. The summed E-state index contributed by atoms with van der Waals surface area (Å²) in [5, 5.41) is 11.4. The van der Waals surface area contributed by atoms with Crippen LogP contribution in [-0.2, 0) is 11.2 Å². The molecule has 0 aliphatic heterocycles. The van der Waals surface area contributed by atoms with Crippen LogP contribution in [0.1, 0.15) is 18.4 Å². The Morgan fingerprint density at radius 2 is 1.91 bits per heavy atom. The molecule has 1 atom stereocenters. The number of urea groups is 1. The summed E-state index contributed by atoms with van der Waals surface area (Å²) in [5.41, 5.74) is 0.940. The van der Waals surface area contributed by atoms with Crippen LogP contribution >= 0.6 is 0 Å². The molecule has 0 fully saturated rings. The molecule has 122 valence electrons. The van der Waals surface area contributed by atoms with Gasteiger partial charge >= 0.3 is 12.0 Å². The zero-order chi connectivity index (χ0) is 16.5. The number of halogens is 2. The maximum absolute atomic E-state index is 12.3. The summed E-state index contributed by atoms with van der Waals surface area (Å²) in [6, 6.07) is 8.21. The molecule has 2 N–H and O–H groups in total. The van der Waals surface area contributed by atoms with E-state index in [4.69, 9.17) is 5.11 Å². The number of carboxylic acids is 1. The van der Waals surface area contributed by atoms with Crippen molar-refractivity contribution >= 4 is 12.0 Å². The molecule has 0 spiro atoms. The first-order valence-electron chi connectivity index (χ1n) is 6.94. The van der Waals surface area contributed by atoms with E-state index < -0.39 is 31.0 Å². The largest absolute Gasteiger partial charge is 0.481 e. The lowest BCUT2D eigenvalue weighted by molar-refractivity contribution is -0.137. The molecule has 0 saturated carbocycles. The number of nitrogens with one attached hydrogen (secondary N) is 1. The number of nitrogens with zero attached hydrogens (tertiary/aromatic N) is 1. The normalized spacial score (nSPS) is 12.0. The smallest absolute Gasteiger partial charge is 0.317 e. The quantitative estimate of drug-likeness (QED) is 0.774. The molecule has 5 nitrogen and oxygen atoms in total. The number of benzene rings is 1. The van der Waals surface area contributed by atoms with E-state index in [0.717, 1.165) is 10.5 Å². The minimum atomic E-state index is -2.61. The lowest BCUT2D eigenvalue weighted by Gasteiger charge is -2.23. The molecule has 0 radical (unpaired) electrons. The van der Waals surface area contributed by atoms with Crippen molar-refractivity contribution in [1.29, 1.82) is 0 Å². The Hall–Kier alpha value is -2.18. The standard InChI is InChI=1S/C15H20F2N2O3/c1-19(10-13(16)17)15(22)18-12(7-8-14(20)21)9-11-5-3-2-4-6-11/h2-6,12-13H,7-10H2,1H3,(H,18,22)(H,20,21). The van der Waals surface area contributed by atoms with Crippen molar-refractivity contribution < 1.29 is 23.5 Å². The van der Waals surface area contributed by atoms with Crippen molar-refractivity contribution in [3.8, 4) is 0 Å². The van der Waals surface area contributed by atoms with Crippen molar-refractivity contribution in [3.63, 3.8) is 0 Å². The molecule has 0 heterocycles. The highest BCUT2D eigenvalue weighted by molar-refractivity contribution is 5.74. The molecule has 1 unspecified atom stereocenters. The zero-order valence-electron chi connectivity index (χ0n) is 12.3. The van der Waals surface area contributed by atoms with Gasteiger partial charge in [-0.05, 0) is 18.4 Å². The molecular weight excluding hydrogens is 294 g/mol. The summed E-state index contributed by atoms with van der Waals surface area (Å²) in [6.07, 6.45) is -2.03. The number of rotatable bonds is 8. The van der Waals surface area contributed by atoms with Gasteiger partial charge in [-0.1, -0.05) is 30.3 Å². The molecule has 22 heavy (non-hydrogen) atoms. The Balaban J connectivity index is 2.64. The zero-order valence-corrected chi connectivity index (χ0v) is 12.3. The minimum Gasteiger partial charge on any atom is -0.481 e. The second-order valence-corrected chi connectivity index (χ2v) is 5.04. The van der Waals surface area contributed by atoms with Crippen LogP contribution < -0.4 is 5.32 Å². The van der Waals surface area contributed by atoms with Gasteiger partial charge in [-0.25, -0.2) is 13.6 Å². The SMILES string of the molecule is CN(CC(F)F)C(=O)NC(CCC(=O)O)Cc1ccccc1. The number of carbonyl (C=O) groups is 2. The third-order valence-corrected chi connectivity index (χ3v) is 3.12. The highest BCUT2D eigenvalue weighted by atomic mass is 19.3. The van der Waals surface area contributed by atoms with Gasteiger partial charge in [-0.2, -0.15) is 0 Å². The molecule has 1 aromatic carbocycles. The molecule has 0 saturated heterocycles. The highest BCUT2D eigenvalue weighted by Crippen LogP contribution is 2.09. The number of amides is 2. The molecule has 7 heteroatoms. The lowest BCUT2D eigenvalue weighted by atomic mass is 10.0. The van der Waals surface area contributed by atoms with Gasteiger partial charge in [-0.15, -0.1) is 0 Å². The first-order valence-corrected chi connectivity index (χ1v) is 6.94. The Bertz CT molecular complexity index is 483. The van der Waals surface area contributed by atoms with E-state index in [-0.39, 0.29) is 12.8 Å². The van der Waals surface area contributed by atoms with Gasteiger partial charge in [0.2, 0.25) is 0 Å². The van der Waals surface area contributed by atoms with Crippen LogP contribution in [-0.4, -0.2) is 48.1 Å². The van der Waals surface area contributed by atoms with Crippen LogP contribution in [0.5, 0.6) is 0 Å². The van der Waals surface area contributed by atoms with E-state index >= 15 is 0 Å². The molecule has 0 aliphatic rings. The van der Waals surface area contributed by atoms with Crippen LogP contribution in [0.25, 0.3) is 0 Å². The van der Waals surface area contributed by atoms with Crippen LogP contribution in [0.3, 0.4) is 0 Å². The fourth-order valence-corrected chi connectivity index (χ4v) is 2.00. The van der Waals surface area contributed by atoms with Gasteiger partial charge in [-0.3, -0.25) is 4.79 Å². The summed E-state index contributed by atoms with van der Waals surface area (Å²) in [6.45, 7) is -0.664. The number of aliphatic carboxylic acids is 1. The van der Waals surface area contributed by atoms with Crippen molar-refractivity contribution in [2.24, 2.45) is 0 Å². The van der Waals surface area contributed by atoms with Crippen LogP contribution in [0.15, 0.2) is 30.3 Å². The van der Waals surface area contributed by atoms with Gasteiger partial charge in [0.15, 0.2) is 0 Å². The van der Waals surface area contributed by atoms with E-state index in [2.05, 4.69) is 5.32 Å². The Labute approximate surface area is 127 Å². The number of alkyl halides is 2. The van der Waals surface area contributed by atoms with E-state index in [1.54, 1.807) is 0 Å². The number of hydrogen-bond donors (Lipinski definition) is 2. The minimum absolute atomic E-state index is 0.101. The maximum atomic E-state index is 12.3. The summed E-state index contributed by atoms with van der Waals surface area (Å²) >= 11 is 0. The van der Waals surface area contributed by atoms with Gasteiger partial charge in [0, 0.05) is 19.5 Å². The lowest BCUT2D eigenvalue weighted by Crippen LogP contribution is -2.45. The van der Waals surface area contributed by atoms with Gasteiger partial charge < -0.3 is 15.3 Å². The molecule has 0 aromatic heterocycles. The summed E-state index contributed by atoms with van der Waals surface area (Å²) in [7, 11) is 1.28. The van der Waals surface area contributed by atoms with Gasteiger partial charge in [0.25, 0.3) is 6.43 Å². The summed E-state index contributed by atoms with van der Waals surface area (Å²) in [5.74, 6) is -0.965. The number of hydrogen-bond acceptors (Lipinski definition) is 2. The van der Waals surface area contributed by atoms with Crippen LogP contribution in [0.4, 0.5) is 13.6 Å². The van der Waals surface area contributed by atoms with E-state index in [9.17, 15) is 18.4 Å². The summed E-state index contributed by atoms with van der Waals surface area (Å²) < 4.78 is 24.6. The van der Waals surface area contributed by atoms with Crippen molar-refractivity contribution in [1.82, 2.24) is 10.2 Å². The third-order valence-electron chi connectivity index (χ3n) is 3.12. The van der Waals surface area contributed by atoms with Crippen LogP contribution in [0.2, 0.25) is 0 Å². The molecule has 2 amide bonds. The highest BCUT2D eigenvalue weighted by Gasteiger charge is 2.19. The second kappa shape index (κ2) is 8.96. The Morgan fingerprint density at radius 3 is 2.45 bits per heavy atom. The third kappa shape index (κ3) is 7.01. The summed E-state index contributed by atoms with van der Waals surface area (Å²) in [4.78, 5) is 23.4. The van der Waals surface area contributed by atoms with Gasteiger partial charge in [0.1, 0.15) is 0 Å². The maximum Gasteiger partial charge on any atom is 0.317 e. The van der Waals surface area contributed by atoms with E-state index in [1.165, 1.54) is 7.05 Å². The number of carbonyl (C=O) groups excluding carboxylic acids is 1. The van der Waals surface area contributed by atoms with Gasteiger partial charge in [0.05, 0.1) is 6.54 Å². The fraction of sp³-hybridized carbons (Fsp3) is 0.467. The first kappa shape index (κ1) is 17.9. The Morgan fingerprint density at radius 1 is 1.27 bits per heavy atom. The second-order valence-electron chi connectivity index (χ2n) is 5.04. The van der Waals surface area contributed by atoms with E-state index in [0.29, 0.717) is 6.42 Å². The van der Waals surface area contributed by atoms with Crippen LogP contribution in [0, 0.1) is 0 Å². The molecular formula is C15H20F2N2O3. The Kier molecular flexibility index (Phi) is 7.28. The van der Waals surface area contributed by atoms with Crippen molar-refractivity contribution in [2.75, 3.05) is 13.6 Å². The van der Waals surface area contributed by atoms with Crippen molar-refractivity contribution in [3.05, 3.63) is 35.9 Å². The van der Waals surface area contributed by atoms with Crippen molar-refractivity contribution in [2.45, 2.75) is 31.7 Å².